The molecule has 146 valence electrons. The summed E-state index contributed by atoms with van der Waals surface area (Å²) >= 11 is 1.26. The number of thiazole rings is 1. The maximum Gasteiger partial charge on any atom is 0.262 e. The van der Waals surface area contributed by atoms with E-state index in [4.69, 9.17) is 9.47 Å². The second-order valence-electron chi connectivity index (χ2n) is 6.14. The Morgan fingerprint density at radius 2 is 1.97 bits per heavy atom. The van der Waals surface area contributed by atoms with Gasteiger partial charge in [-0.1, -0.05) is 12.1 Å². The lowest BCUT2D eigenvalue weighted by Crippen LogP contribution is -2.21. The number of nitrogens with zero attached hydrogens (tertiary/aromatic N) is 1. The maximum atomic E-state index is 12.6. The fourth-order valence-corrected chi connectivity index (χ4v) is 3.68. The van der Waals surface area contributed by atoms with Crippen LogP contribution in [0, 0.1) is 0 Å². The zero-order chi connectivity index (χ0) is 20.4. The van der Waals surface area contributed by atoms with E-state index in [9.17, 15) is 9.59 Å². The van der Waals surface area contributed by atoms with Crippen LogP contribution in [0.2, 0.25) is 0 Å². The summed E-state index contributed by atoms with van der Waals surface area (Å²) in [7, 11) is 3.16. The van der Waals surface area contributed by atoms with Crippen molar-refractivity contribution < 1.29 is 14.3 Å². The predicted molar refractivity (Wildman–Crippen MR) is 113 cm³/mol. The van der Waals surface area contributed by atoms with E-state index in [0.717, 1.165) is 5.56 Å². The lowest BCUT2D eigenvalue weighted by atomic mass is 10.1. The average molecular weight is 407 g/mol. The SMILES string of the molecule is COc1ccc(OC)c(-c2csc(NC(=O)c3c[nH]c4ccccc4c3=O)n2)c1. The number of ether oxygens (including phenoxy) is 2. The molecule has 2 aromatic heterocycles. The summed E-state index contributed by atoms with van der Waals surface area (Å²) in [6, 6.07) is 12.4. The van der Waals surface area contributed by atoms with E-state index in [1.807, 2.05) is 12.1 Å². The first-order chi connectivity index (χ1) is 14.1. The number of H-pyrrole nitrogens is 1. The number of aromatic nitrogens is 2. The summed E-state index contributed by atoms with van der Waals surface area (Å²) in [5.74, 6) is 0.789. The molecule has 0 radical (unpaired) electrons. The predicted octanol–water partition coefficient (Wildman–Crippen LogP) is 3.92. The summed E-state index contributed by atoms with van der Waals surface area (Å²) in [6.07, 6.45) is 1.42. The Hall–Kier alpha value is -3.65. The van der Waals surface area contributed by atoms with Gasteiger partial charge in [0.25, 0.3) is 5.91 Å². The highest BCUT2D eigenvalue weighted by Crippen LogP contribution is 2.35. The molecular formula is C21H17N3O4S. The average Bonchev–Trinajstić information content (AvgIpc) is 3.21. The van der Waals surface area contributed by atoms with Gasteiger partial charge < -0.3 is 14.5 Å². The minimum atomic E-state index is -0.518. The Labute approximate surface area is 170 Å². The molecule has 0 spiro atoms. The molecule has 0 aliphatic heterocycles. The van der Waals surface area contributed by atoms with Crippen LogP contribution in [0.5, 0.6) is 11.5 Å². The first kappa shape index (κ1) is 18.7. The number of benzene rings is 2. The van der Waals surface area contributed by atoms with Gasteiger partial charge in [0.2, 0.25) is 5.43 Å². The number of fused-ring (bicyclic) bond motifs is 1. The molecule has 29 heavy (non-hydrogen) atoms. The summed E-state index contributed by atoms with van der Waals surface area (Å²) in [6.45, 7) is 0. The van der Waals surface area contributed by atoms with Crippen molar-refractivity contribution in [2.24, 2.45) is 0 Å². The molecule has 7 nitrogen and oxygen atoms in total. The molecule has 0 aliphatic rings. The zero-order valence-electron chi connectivity index (χ0n) is 15.7. The number of hydrogen-bond donors (Lipinski definition) is 2. The molecule has 0 bridgehead atoms. The number of pyridine rings is 1. The van der Waals surface area contributed by atoms with Crippen LogP contribution in [0.1, 0.15) is 10.4 Å². The van der Waals surface area contributed by atoms with Crippen molar-refractivity contribution >= 4 is 33.3 Å². The number of carbonyl (C=O) groups excluding carboxylic acids is 1. The first-order valence-corrected chi connectivity index (χ1v) is 9.58. The number of rotatable bonds is 5. The fourth-order valence-electron chi connectivity index (χ4n) is 2.97. The van der Waals surface area contributed by atoms with Gasteiger partial charge in [0.05, 0.1) is 19.9 Å². The van der Waals surface area contributed by atoms with Gasteiger partial charge in [0, 0.05) is 28.0 Å². The highest BCUT2D eigenvalue weighted by Gasteiger charge is 2.16. The first-order valence-electron chi connectivity index (χ1n) is 8.70. The van der Waals surface area contributed by atoms with E-state index >= 15 is 0 Å². The van der Waals surface area contributed by atoms with E-state index in [1.54, 1.807) is 49.9 Å². The normalized spacial score (nSPS) is 10.7. The largest absolute Gasteiger partial charge is 0.497 e. The van der Waals surface area contributed by atoms with Crippen molar-refractivity contribution in [1.82, 2.24) is 9.97 Å². The molecule has 2 heterocycles. The lowest BCUT2D eigenvalue weighted by molar-refractivity contribution is 0.102. The minimum absolute atomic E-state index is 0.0272. The molecular weight excluding hydrogens is 390 g/mol. The van der Waals surface area contributed by atoms with Gasteiger partial charge in [-0.05, 0) is 30.3 Å². The Kier molecular flexibility index (Phi) is 5.01. The van der Waals surface area contributed by atoms with Crippen LogP contribution in [0.15, 0.2) is 58.8 Å². The number of amides is 1. The van der Waals surface area contributed by atoms with Crippen LogP contribution in [-0.2, 0) is 0 Å². The highest BCUT2D eigenvalue weighted by molar-refractivity contribution is 7.14. The smallest absolute Gasteiger partial charge is 0.262 e. The fraction of sp³-hybridized carbons (Fsp3) is 0.0952. The molecule has 0 atom stereocenters. The molecule has 0 unspecified atom stereocenters. The van der Waals surface area contributed by atoms with Crippen LogP contribution in [0.3, 0.4) is 0 Å². The van der Waals surface area contributed by atoms with Gasteiger partial charge >= 0.3 is 0 Å². The monoisotopic (exact) mass is 407 g/mol. The molecule has 4 rings (SSSR count). The molecule has 8 heteroatoms. The van der Waals surface area contributed by atoms with E-state index in [1.165, 1.54) is 17.5 Å². The third-order valence-electron chi connectivity index (χ3n) is 4.44. The quantitative estimate of drug-likeness (QED) is 0.523. The summed E-state index contributed by atoms with van der Waals surface area (Å²) in [5, 5.41) is 5.34. The van der Waals surface area contributed by atoms with Crippen LogP contribution in [-0.4, -0.2) is 30.1 Å². The molecule has 4 aromatic rings. The number of carbonyl (C=O) groups is 1. The third-order valence-corrected chi connectivity index (χ3v) is 5.20. The highest BCUT2D eigenvalue weighted by atomic mass is 32.1. The Balaban J connectivity index is 1.63. The zero-order valence-corrected chi connectivity index (χ0v) is 16.5. The molecule has 1 amide bonds. The summed E-state index contributed by atoms with van der Waals surface area (Å²) < 4.78 is 10.7. The number of methoxy groups -OCH3 is 2. The number of para-hydroxylation sites is 1. The van der Waals surface area contributed by atoms with Crippen LogP contribution in [0.25, 0.3) is 22.2 Å². The summed E-state index contributed by atoms with van der Waals surface area (Å²) in [4.78, 5) is 32.7. The minimum Gasteiger partial charge on any atom is -0.497 e. The van der Waals surface area contributed by atoms with Crippen LogP contribution in [0.4, 0.5) is 5.13 Å². The number of hydrogen-bond acceptors (Lipinski definition) is 6. The van der Waals surface area contributed by atoms with Crippen molar-refractivity contribution in [3.8, 4) is 22.8 Å². The van der Waals surface area contributed by atoms with E-state index in [0.29, 0.717) is 33.2 Å². The van der Waals surface area contributed by atoms with Gasteiger partial charge in [-0.2, -0.15) is 0 Å². The summed E-state index contributed by atoms with van der Waals surface area (Å²) in [5.41, 5.74) is 1.75. The topological polar surface area (TPSA) is 93.3 Å². The number of anilines is 1. The van der Waals surface area contributed by atoms with E-state index < -0.39 is 5.91 Å². The molecule has 0 saturated carbocycles. The number of nitrogens with one attached hydrogen (secondary N) is 2. The van der Waals surface area contributed by atoms with Crippen molar-refractivity contribution in [2.45, 2.75) is 0 Å². The maximum absolute atomic E-state index is 12.6. The van der Waals surface area contributed by atoms with Gasteiger partial charge in [-0.25, -0.2) is 4.98 Å². The van der Waals surface area contributed by atoms with Crippen LogP contribution >= 0.6 is 11.3 Å². The lowest BCUT2D eigenvalue weighted by Gasteiger charge is -2.08. The van der Waals surface area contributed by atoms with Gasteiger partial charge in [-0.3, -0.25) is 14.9 Å². The van der Waals surface area contributed by atoms with Crippen molar-refractivity contribution in [3.63, 3.8) is 0 Å². The van der Waals surface area contributed by atoms with Crippen molar-refractivity contribution in [3.05, 3.63) is 69.8 Å². The van der Waals surface area contributed by atoms with Gasteiger partial charge in [-0.15, -0.1) is 11.3 Å². The molecule has 2 aromatic carbocycles. The Morgan fingerprint density at radius 3 is 2.76 bits per heavy atom. The standard InChI is InChI=1S/C21H17N3O4S/c1-27-12-7-8-18(28-2)14(9-12)17-11-29-21(23-17)24-20(26)15-10-22-16-6-4-3-5-13(16)19(15)25/h3-11H,1-2H3,(H,22,25)(H,23,24,26). The second-order valence-corrected chi connectivity index (χ2v) is 6.99. The molecule has 0 saturated heterocycles. The van der Waals surface area contributed by atoms with E-state index in [2.05, 4.69) is 15.3 Å². The van der Waals surface area contributed by atoms with Gasteiger partial charge in [0.1, 0.15) is 17.1 Å². The second kappa shape index (κ2) is 7.76. The van der Waals surface area contributed by atoms with Crippen molar-refractivity contribution in [2.75, 3.05) is 19.5 Å². The van der Waals surface area contributed by atoms with E-state index in [-0.39, 0.29) is 11.0 Å². The molecule has 2 N–H and O–H groups in total. The Morgan fingerprint density at radius 1 is 1.14 bits per heavy atom. The Bertz CT molecular complexity index is 1260. The number of aromatic amines is 1. The molecule has 0 fully saturated rings. The van der Waals surface area contributed by atoms with Crippen molar-refractivity contribution in [1.29, 1.82) is 0 Å². The van der Waals surface area contributed by atoms with Crippen LogP contribution < -0.4 is 20.2 Å². The van der Waals surface area contributed by atoms with Gasteiger partial charge in [0.15, 0.2) is 5.13 Å². The third kappa shape index (κ3) is 3.57. The molecule has 0 aliphatic carbocycles.